The molecule has 1 amide bonds. The summed E-state index contributed by atoms with van der Waals surface area (Å²) < 4.78 is 27.3. The number of nitrogens with zero attached hydrogens (tertiary/aromatic N) is 1. The van der Waals surface area contributed by atoms with E-state index in [0.29, 0.717) is 6.54 Å². The molecule has 6 heteroatoms. The highest BCUT2D eigenvalue weighted by Crippen LogP contribution is 2.19. The lowest BCUT2D eigenvalue weighted by atomic mass is 10.1. The number of likely N-dealkylation sites (tertiary alicyclic amines) is 1. The lowest BCUT2D eigenvalue weighted by molar-refractivity contribution is 0.0933. The van der Waals surface area contributed by atoms with Crippen molar-refractivity contribution in [3.05, 3.63) is 29.3 Å². The summed E-state index contributed by atoms with van der Waals surface area (Å²) in [5.41, 5.74) is 4.52. The monoisotopic (exact) mass is 283 g/mol. The Balaban J connectivity index is 2.04. The number of amides is 1. The van der Waals surface area contributed by atoms with Crippen LogP contribution in [0.15, 0.2) is 12.1 Å². The number of nitrogens with one attached hydrogen (secondary N) is 1. The summed E-state index contributed by atoms with van der Waals surface area (Å²) in [4.78, 5) is 14.2. The maximum Gasteiger partial charge on any atom is 0.257 e. The smallest absolute Gasteiger partial charge is 0.257 e. The maximum absolute atomic E-state index is 13.7. The second kappa shape index (κ2) is 6.17. The minimum Gasteiger partial charge on any atom is -0.396 e. The number of halogens is 2. The Kier molecular flexibility index (Phi) is 4.54. The third kappa shape index (κ3) is 2.90. The molecule has 110 valence electrons. The van der Waals surface area contributed by atoms with E-state index in [2.05, 4.69) is 17.1 Å². The van der Waals surface area contributed by atoms with Gasteiger partial charge in [0.25, 0.3) is 5.91 Å². The molecule has 0 spiro atoms. The lowest BCUT2D eigenvalue weighted by Crippen LogP contribution is -2.40. The molecule has 2 rings (SSSR count). The quantitative estimate of drug-likeness (QED) is 0.828. The molecule has 20 heavy (non-hydrogen) atoms. The largest absolute Gasteiger partial charge is 0.396 e. The number of anilines is 1. The Morgan fingerprint density at radius 3 is 2.95 bits per heavy atom. The molecule has 1 saturated heterocycles. The second-order valence-corrected chi connectivity index (χ2v) is 4.96. The summed E-state index contributed by atoms with van der Waals surface area (Å²) in [7, 11) is 0. The molecule has 1 heterocycles. The Morgan fingerprint density at radius 2 is 2.25 bits per heavy atom. The molecule has 1 aliphatic rings. The molecule has 1 aromatic rings. The van der Waals surface area contributed by atoms with Crippen LogP contribution in [0.1, 0.15) is 30.1 Å². The van der Waals surface area contributed by atoms with Crippen molar-refractivity contribution in [3.8, 4) is 0 Å². The van der Waals surface area contributed by atoms with Gasteiger partial charge in [0, 0.05) is 12.6 Å². The van der Waals surface area contributed by atoms with Gasteiger partial charge in [-0.2, -0.15) is 0 Å². The van der Waals surface area contributed by atoms with E-state index in [-0.39, 0.29) is 11.7 Å². The summed E-state index contributed by atoms with van der Waals surface area (Å²) in [6.45, 7) is 4.34. The minimum absolute atomic E-state index is 0.229. The number of rotatable bonds is 4. The first-order valence-electron chi connectivity index (χ1n) is 6.80. The van der Waals surface area contributed by atoms with Crippen LogP contribution in [-0.2, 0) is 0 Å². The molecule has 1 aromatic carbocycles. The van der Waals surface area contributed by atoms with Crippen molar-refractivity contribution in [2.75, 3.05) is 25.4 Å². The Morgan fingerprint density at radius 1 is 1.50 bits per heavy atom. The van der Waals surface area contributed by atoms with Crippen molar-refractivity contribution in [3.63, 3.8) is 0 Å². The van der Waals surface area contributed by atoms with Crippen LogP contribution in [-0.4, -0.2) is 36.5 Å². The second-order valence-electron chi connectivity index (χ2n) is 4.96. The van der Waals surface area contributed by atoms with Gasteiger partial charge in [-0.3, -0.25) is 9.69 Å². The Labute approximate surface area is 116 Å². The first kappa shape index (κ1) is 14.7. The zero-order chi connectivity index (χ0) is 14.7. The van der Waals surface area contributed by atoms with Gasteiger partial charge in [0.05, 0.1) is 5.69 Å². The summed E-state index contributed by atoms with van der Waals surface area (Å²) in [6.07, 6.45) is 2.06. The highest BCUT2D eigenvalue weighted by atomic mass is 19.1. The van der Waals surface area contributed by atoms with E-state index in [1.54, 1.807) is 0 Å². The fraction of sp³-hybridized carbons (Fsp3) is 0.500. The number of nitrogens with two attached hydrogens (primary N) is 1. The van der Waals surface area contributed by atoms with Gasteiger partial charge in [-0.25, -0.2) is 8.78 Å². The van der Waals surface area contributed by atoms with E-state index in [9.17, 15) is 13.6 Å². The van der Waals surface area contributed by atoms with E-state index < -0.39 is 23.1 Å². The molecule has 3 N–H and O–H groups in total. The standard InChI is InChI=1S/C14H19F2N3O/c1-2-19-7-3-4-9(19)8-18-14(20)12-10(15)5-6-11(17)13(12)16/h5-6,9H,2-4,7-8,17H2,1H3,(H,18,20). The zero-order valence-electron chi connectivity index (χ0n) is 11.5. The molecule has 0 aliphatic carbocycles. The van der Waals surface area contributed by atoms with Gasteiger partial charge in [-0.15, -0.1) is 0 Å². The fourth-order valence-corrected chi connectivity index (χ4v) is 2.62. The van der Waals surface area contributed by atoms with E-state index in [0.717, 1.165) is 38.1 Å². The number of hydrogen-bond acceptors (Lipinski definition) is 3. The van der Waals surface area contributed by atoms with Crippen molar-refractivity contribution in [2.45, 2.75) is 25.8 Å². The highest BCUT2D eigenvalue weighted by Gasteiger charge is 2.25. The predicted molar refractivity (Wildman–Crippen MR) is 73.4 cm³/mol. The summed E-state index contributed by atoms with van der Waals surface area (Å²) >= 11 is 0. The molecule has 1 atom stereocenters. The SMILES string of the molecule is CCN1CCCC1CNC(=O)c1c(F)ccc(N)c1F. The Bertz CT molecular complexity index is 507. The number of hydrogen-bond donors (Lipinski definition) is 2. The van der Waals surface area contributed by atoms with Gasteiger partial charge >= 0.3 is 0 Å². The van der Waals surface area contributed by atoms with E-state index in [4.69, 9.17) is 5.73 Å². The fourth-order valence-electron chi connectivity index (χ4n) is 2.62. The van der Waals surface area contributed by atoms with Crippen LogP contribution < -0.4 is 11.1 Å². The highest BCUT2D eigenvalue weighted by molar-refractivity contribution is 5.95. The summed E-state index contributed by atoms with van der Waals surface area (Å²) in [6, 6.07) is 2.34. The van der Waals surface area contributed by atoms with Crippen molar-refractivity contribution in [2.24, 2.45) is 0 Å². The van der Waals surface area contributed by atoms with Crippen molar-refractivity contribution < 1.29 is 13.6 Å². The molecule has 0 saturated carbocycles. The predicted octanol–water partition coefficient (Wildman–Crippen LogP) is 1.76. The first-order chi connectivity index (χ1) is 9.54. The average Bonchev–Trinajstić information content (AvgIpc) is 2.88. The van der Waals surface area contributed by atoms with Gasteiger partial charge in [0.2, 0.25) is 0 Å². The molecule has 0 radical (unpaired) electrons. The topological polar surface area (TPSA) is 58.4 Å². The van der Waals surface area contributed by atoms with E-state index in [1.165, 1.54) is 0 Å². The normalized spacial score (nSPS) is 19.2. The van der Waals surface area contributed by atoms with Gasteiger partial charge in [-0.05, 0) is 38.1 Å². The molecule has 0 bridgehead atoms. The summed E-state index contributed by atoms with van der Waals surface area (Å²) in [5, 5.41) is 2.60. The maximum atomic E-state index is 13.7. The van der Waals surface area contributed by atoms with Crippen LogP contribution in [0.4, 0.5) is 14.5 Å². The van der Waals surface area contributed by atoms with Gasteiger partial charge < -0.3 is 11.1 Å². The van der Waals surface area contributed by atoms with Crippen LogP contribution in [0, 0.1) is 11.6 Å². The van der Waals surface area contributed by atoms with E-state index in [1.807, 2.05) is 0 Å². The van der Waals surface area contributed by atoms with Crippen molar-refractivity contribution in [1.29, 1.82) is 0 Å². The first-order valence-corrected chi connectivity index (χ1v) is 6.80. The van der Waals surface area contributed by atoms with Crippen LogP contribution in [0.5, 0.6) is 0 Å². The van der Waals surface area contributed by atoms with Gasteiger partial charge in [0.1, 0.15) is 11.4 Å². The van der Waals surface area contributed by atoms with Crippen molar-refractivity contribution >= 4 is 11.6 Å². The third-order valence-electron chi connectivity index (χ3n) is 3.75. The lowest BCUT2D eigenvalue weighted by Gasteiger charge is -2.23. The molecular formula is C14H19F2N3O. The molecule has 4 nitrogen and oxygen atoms in total. The number of nitrogen functional groups attached to an aromatic ring is 1. The summed E-state index contributed by atoms with van der Waals surface area (Å²) in [5.74, 6) is -2.65. The van der Waals surface area contributed by atoms with Crippen molar-refractivity contribution in [1.82, 2.24) is 10.2 Å². The Hall–Kier alpha value is -1.69. The van der Waals surface area contributed by atoms with Crippen LogP contribution in [0.25, 0.3) is 0 Å². The van der Waals surface area contributed by atoms with Gasteiger partial charge in [0.15, 0.2) is 5.82 Å². The molecule has 1 unspecified atom stereocenters. The average molecular weight is 283 g/mol. The number of carbonyl (C=O) groups is 1. The third-order valence-corrected chi connectivity index (χ3v) is 3.75. The number of likely N-dealkylation sites (N-methyl/N-ethyl adjacent to an activating group) is 1. The molecule has 1 aliphatic heterocycles. The number of carbonyl (C=O) groups excluding carboxylic acids is 1. The van der Waals surface area contributed by atoms with E-state index >= 15 is 0 Å². The van der Waals surface area contributed by atoms with Gasteiger partial charge in [-0.1, -0.05) is 6.92 Å². The molecule has 1 fully saturated rings. The van der Waals surface area contributed by atoms with Crippen LogP contribution >= 0.6 is 0 Å². The molecule has 0 aromatic heterocycles. The van der Waals surface area contributed by atoms with Crippen LogP contribution in [0.3, 0.4) is 0 Å². The van der Waals surface area contributed by atoms with Crippen LogP contribution in [0.2, 0.25) is 0 Å². The minimum atomic E-state index is -0.999. The number of benzene rings is 1. The molecular weight excluding hydrogens is 264 g/mol. The zero-order valence-corrected chi connectivity index (χ0v) is 11.5.